The average molecular weight is 245 g/mol. The number of rotatable bonds is 5. The number of aliphatic hydroxyl groups excluding tert-OH is 1. The van der Waals surface area contributed by atoms with E-state index >= 15 is 0 Å². The molecule has 0 aromatic heterocycles. The van der Waals surface area contributed by atoms with Gasteiger partial charge in [0, 0.05) is 13.2 Å². The quantitative estimate of drug-likeness (QED) is 0.772. The summed E-state index contributed by atoms with van der Waals surface area (Å²) < 4.78 is 5.56. The van der Waals surface area contributed by atoms with Crippen molar-refractivity contribution >= 4 is 0 Å². The minimum atomic E-state index is -0.538. The third-order valence-electron chi connectivity index (χ3n) is 3.23. The Morgan fingerprint density at radius 3 is 2.83 bits per heavy atom. The van der Waals surface area contributed by atoms with E-state index in [0.717, 1.165) is 25.0 Å². The first-order chi connectivity index (χ1) is 8.81. The van der Waals surface area contributed by atoms with Crippen molar-refractivity contribution in [3.8, 4) is 12.3 Å². The van der Waals surface area contributed by atoms with E-state index in [-0.39, 0.29) is 12.1 Å². The van der Waals surface area contributed by atoms with Gasteiger partial charge in [0.2, 0.25) is 0 Å². The van der Waals surface area contributed by atoms with E-state index < -0.39 is 6.10 Å². The Hall–Kier alpha value is -1.34. The van der Waals surface area contributed by atoms with Gasteiger partial charge in [-0.1, -0.05) is 36.3 Å². The zero-order chi connectivity index (χ0) is 12.8. The van der Waals surface area contributed by atoms with Gasteiger partial charge < -0.3 is 9.84 Å². The maximum atomic E-state index is 10.0. The summed E-state index contributed by atoms with van der Waals surface area (Å²) in [6.45, 7) is 1.23. The van der Waals surface area contributed by atoms with Gasteiger partial charge in [-0.2, -0.15) is 0 Å². The highest BCUT2D eigenvalue weighted by Gasteiger charge is 2.24. The van der Waals surface area contributed by atoms with Crippen LogP contribution in [0.1, 0.15) is 24.5 Å². The molecule has 96 valence electrons. The van der Waals surface area contributed by atoms with E-state index in [2.05, 4.69) is 11.2 Å². The molecule has 0 spiro atoms. The molecule has 1 aliphatic rings. The van der Waals surface area contributed by atoms with Crippen molar-refractivity contribution in [2.45, 2.75) is 31.1 Å². The Kier molecular flexibility index (Phi) is 4.77. The lowest BCUT2D eigenvalue weighted by atomic mass is 10.1. The van der Waals surface area contributed by atoms with Crippen LogP contribution in [0.4, 0.5) is 0 Å². The predicted octanol–water partition coefficient (Wildman–Crippen LogP) is 1.49. The molecule has 1 aromatic rings. The van der Waals surface area contributed by atoms with Gasteiger partial charge in [0.15, 0.2) is 0 Å². The first kappa shape index (κ1) is 13.1. The van der Waals surface area contributed by atoms with E-state index in [0.29, 0.717) is 6.54 Å². The molecule has 3 atom stereocenters. The van der Waals surface area contributed by atoms with E-state index in [1.807, 2.05) is 30.3 Å². The van der Waals surface area contributed by atoms with Crippen molar-refractivity contribution in [2.24, 2.45) is 0 Å². The van der Waals surface area contributed by atoms with Gasteiger partial charge in [0.1, 0.15) is 0 Å². The molecule has 0 unspecified atom stereocenters. The molecule has 0 amide bonds. The van der Waals surface area contributed by atoms with Gasteiger partial charge in [-0.15, -0.1) is 6.42 Å². The number of aliphatic hydroxyl groups is 1. The second-order valence-electron chi connectivity index (χ2n) is 4.53. The van der Waals surface area contributed by atoms with Crippen molar-refractivity contribution in [3.63, 3.8) is 0 Å². The maximum Gasteiger partial charge on any atom is 0.0953 e. The Labute approximate surface area is 108 Å². The number of ether oxygens (including phenoxy) is 1. The maximum absolute atomic E-state index is 10.0. The van der Waals surface area contributed by atoms with Crippen LogP contribution in [0.2, 0.25) is 0 Å². The molecule has 2 rings (SSSR count). The molecule has 1 aromatic carbocycles. The molecule has 1 aliphatic heterocycles. The molecular formula is C15H19NO2. The van der Waals surface area contributed by atoms with E-state index in [1.54, 1.807) is 0 Å². The summed E-state index contributed by atoms with van der Waals surface area (Å²) >= 11 is 0. The molecule has 0 saturated carbocycles. The number of hydrogen-bond donors (Lipinski definition) is 2. The van der Waals surface area contributed by atoms with E-state index in [1.165, 1.54) is 0 Å². The van der Waals surface area contributed by atoms with Gasteiger partial charge >= 0.3 is 0 Å². The van der Waals surface area contributed by atoms with Crippen LogP contribution >= 0.6 is 0 Å². The second-order valence-corrected chi connectivity index (χ2v) is 4.53. The fourth-order valence-electron chi connectivity index (χ4n) is 2.19. The van der Waals surface area contributed by atoms with Crippen LogP contribution in [0.15, 0.2) is 30.3 Å². The molecule has 0 aliphatic carbocycles. The molecule has 0 radical (unpaired) electrons. The smallest absolute Gasteiger partial charge is 0.0953 e. The molecule has 18 heavy (non-hydrogen) atoms. The molecule has 1 fully saturated rings. The van der Waals surface area contributed by atoms with Crippen molar-refractivity contribution in [1.29, 1.82) is 0 Å². The van der Waals surface area contributed by atoms with Crippen LogP contribution in [-0.2, 0) is 4.74 Å². The molecule has 1 heterocycles. The highest BCUT2D eigenvalue weighted by molar-refractivity contribution is 5.17. The molecular weight excluding hydrogens is 226 g/mol. The molecule has 0 bridgehead atoms. The van der Waals surface area contributed by atoms with E-state index in [4.69, 9.17) is 11.2 Å². The highest BCUT2D eigenvalue weighted by atomic mass is 16.5. The SMILES string of the molecule is C#C[C@@H](NC[C@@H](O)c1ccccc1)[C@@H]1CCCO1. The summed E-state index contributed by atoms with van der Waals surface area (Å²) in [5.41, 5.74) is 0.896. The Morgan fingerprint density at radius 2 is 2.22 bits per heavy atom. The molecule has 1 saturated heterocycles. The standard InChI is InChI=1S/C15H19NO2/c1-2-13(15-9-6-10-18-15)16-11-14(17)12-7-4-3-5-8-12/h1,3-5,7-8,13-17H,6,9-11H2/t13-,14-,15+/m1/s1. The first-order valence-corrected chi connectivity index (χ1v) is 6.35. The lowest BCUT2D eigenvalue weighted by Gasteiger charge is -2.21. The average Bonchev–Trinajstić information content (AvgIpc) is 2.94. The Morgan fingerprint density at radius 1 is 1.44 bits per heavy atom. The third-order valence-corrected chi connectivity index (χ3v) is 3.23. The summed E-state index contributed by atoms with van der Waals surface area (Å²) in [6, 6.07) is 9.45. The summed E-state index contributed by atoms with van der Waals surface area (Å²) in [7, 11) is 0. The van der Waals surface area contributed by atoms with Gasteiger partial charge in [0.05, 0.1) is 18.2 Å². The third kappa shape index (κ3) is 3.33. The minimum absolute atomic E-state index is 0.0815. The van der Waals surface area contributed by atoms with Crippen molar-refractivity contribution in [1.82, 2.24) is 5.32 Å². The highest BCUT2D eigenvalue weighted by Crippen LogP contribution is 2.16. The molecule has 2 N–H and O–H groups in total. The summed E-state index contributed by atoms with van der Waals surface area (Å²) in [6.07, 6.45) is 7.10. The van der Waals surface area contributed by atoms with Gasteiger partial charge in [-0.3, -0.25) is 5.32 Å². The monoisotopic (exact) mass is 245 g/mol. The molecule has 3 nitrogen and oxygen atoms in total. The number of hydrogen-bond acceptors (Lipinski definition) is 3. The van der Waals surface area contributed by atoms with Gasteiger partial charge in [0.25, 0.3) is 0 Å². The molecule has 3 heteroatoms. The van der Waals surface area contributed by atoms with Crippen molar-refractivity contribution in [2.75, 3.05) is 13.2 Å². The van der Waals surface area contributed by atoms with Crippen LogP contribution in [0.25, 0.3) is 0 Å². The zero-order valence-electron chi connectivity index (χ0n) is 10.4. The Bertz CT molecular complexity index is 393. The van der Waals surface area contributed by atoms with Crippen molar-refractivity contribution in [3.05, 3.63) is 35.9 Å². The summed E-state index contributed by atoms with van der Waals surface area (Å²) in [4.78, 5) is 0. The summed E-state index contributed by atoms with van der Waals surface area (Å²) in [5.74, 6) is 2.70. The van der Waals surface area contributed by atoms with Gasteiger partial charge in [-0.25, -0.2) is 0 Å². The largest absolute Gasteiger partial charge is 0.387 e. The number of benzene rings is 1. The van der Waals surface area contributed by atoms with Crippen LogP contribution in [-0.4, -0.2) is 30.4 Å². The Balaban J connectivity index is 1.84. The second kappa shape index (κ2) is 6.55. The predicted molar refractivity (Wildman–Crippen MR) is 71.0 cm³/mol. The topological polar surface area (TPSA) is 41.5 Å². The lowest BCUT2D eigenvalue weighted by Crippen LogP contribution is -2.40. The lowest BCUT2D eigenvalue weighted by molar-refractivity contribution is 0.0868. The minimum Gasteiger partial charge on any atom is -0.387 e. The van der Waals surface area contributed by atoms with Crippen LogP contribution < -0.4 is 5.32 Å². The van der Waals surface area contributed by atoms with Crippen molar-refractivity contribution < 1.29 is 9.84 Å². The van der Waals surface area contributed by atoms with Crippen LogP contribution in [0, 0.1) is 12.3 Å². The van der Waals surface area contributed by atoms with Crippen LogP contribution in [0.5, 0.6) is 0 Å². The number of nitrogens with one attached hydrogen (secondary N) is 1. The fourth-order valence-corrected chi connectivity index (χ4v) is 2.19. The fraction of sp³-hybridized carbons (Fsp3) is 0.467. The van der Waals surface area contributed by atoms with Crippen LogP contribution in [0.3, 0.4) is 0 Å². The van der Waals surface area contributed by atoms with E-state index in [9.17, 15) is 5.11 Å². The first-order valence-electron chi connectivity index (χ1n) is 6.35. The zero-order valence-corrected chi connectivity index (χ0v) is 10.4. The normalized spacial score (nSPS) is 22.3. The van der Waals surface area contributed by atoms with Gasteiger partial charge in [-0.05, 0) is 18.4 Å². The number of terminal acetylenes is 1. The summed E-state index contributed by atoms with van der Waals surface area (Å²) in [5, 5.41) is 13.2.